The van der Waals surface area contributed by atoms with Crippen molar-refractivity contribution in [1.82, 2.24) is 19.4 Å². The summed E-state index contributed by atoms with van der Waals surface area (Å²) < 4.78 is 30.6. The van der Waals surface area contributed by atoms with E-state index in [9.17, 15) is 18.0 Å². The SMILES string of the molecule is CCn1c(=O)c(-c2ccc(S(C)(=O)=O)cc2)cc2cnc(NC3C4CN(C(=O)OC(C)(C)C)CC43)nc21. The van der Waals surface area contributed by atoms with Gasteiger partial charge in [0.15, 0.2) is 9.84 Å². The van der Waals surface area contributed by atoms with Crippen molar-refractivity contribution in [2.45, 2.75) is 50.8 Å². The largest absolute Gasteiger partial charge is 0.444 e. The Morgan fingerprint density at radius 3 is 2.38 bits per heavy atom. The van der Waals surface area contributed by atoms with Crippen LogP contribution < -0.4 is 10.9 Å². The molecule has 0 spiro atoms. The van der Waals surface area contributed by atoms with Crippen molar-refractivity contribution in [3.63, 3.8) is 0 Å². The van der Waals surface area contributed by atoms with Gasteiger partial charge in [-0.25, -0.2) is 18.2 Å². The van der Waals surface area contributed by atoms with Crippen molar-refractivity contribution in [3.8, 4) is 11.1 Å². The summed E-state index contributed by atoms with van der Waals surface area (Å²) in [6.07, 6.45) is 2.56. The first-order valence-corrected chi connectivity index (χ1v) is 14.2. The molecule has 0 bridgehead atoms. The smallest absolute Gasteiger partial charge is 0.410 e. The molecule has 0 radical (unpaired) electrons. The van der Waals surface area contributed by atoms with E-state index in [0.29, 0.717) is 59.6 Å². The van der Waals surface area contributed by atoms with Gasteiger partial charge in [-0.05, 0) is 51.5 Å². The zero-order valence-electron chi connectivity index (χ0n) is 21.6. The molecule has 1 aliphatic carbocycles. The predicted molar refractivity (Wildman–Crippen MR) is 140 cm³/mol. The molecule has 37 heavy (non-hydrogen) atoms. The van der Waals surface area contributed by atoms with Crippen molar-refractivity contribution >= 4 is 32.9 Å². The van der Waals surface area contributed by atoms with Crippen LogP contribution in [0.2, 0.25) is 0 Å². The third-order valence-corrected chi connectivity index (χ3v) is 8.01. The number of sulfone groups is 1. The first-order valence-electron chi connectivity index (χ1n) is 12.3. The molecule has 2 fully saturated rings. The monoisotopic (exact) mass is 525 g/mol. The normalized spacial score (nSPS) is 21.1. The van der Waals surface area contributed by atoms with E-state index in [2.05, 4.69) is 15.3 Å². The Hall–Kier alpha value is -3.47. The van der Waals surface area contributed by atoms with Gasteiger partial charge >= 0.3 is 6.09 Å². The van der Waals surface area contributed by atoms with Gasteiger partial charge in [-0.2, -0.15) is 4.98 Å². The number of nitrogens with zero attached hydrogens (tertiary/aromatic N) is 4. The van der Waals surface area contributed by atoms with Crippen molar-refractivity contribution in [2.75, 3.05) is 24.7 Å². The second-order valence-electron chi connectivity index (χ2n) is 10.8. The van der Waals surface area contributed by atoms with Gasteiger partial charge in [0, 0.05) is 60.9 Å². The van der Waals surface area contributed by atoms with Gasteiger partial charge in [-0.15, -0.1) is 0 Å². The lowest BCUT2D eigenvalue weighted by Crippen LogP contribution is -2.38. The molecule has 11 heteroatoms. The maximum Gasteiger partial charge on any atom is 0.410 e. The van der Waals surface area contributed by atoms with Gasteiger partial charge < -0.3 is 15.0 Å². The van der Waals surface area contributed by atoms with Gasteiger partial charge in [-0.3, -0.25) is 9.36 Å². The third-order valence-electron chi connectivity index (χ3n) is 6.88. The molecule has 2 aromatic heterocycles. The number of ether oxygens (including phenoxy) is 1. The van der Waals surface area contributed by atoms with Gasteiger partial charge in [0.25, 0.3) is 5.56 Å². The number of anilines is 1. The Labute approximate surface area is 215 Å². The molecule has 196 valence electrons. The number of carbonyl (C=O) groups excluding carboxylic acids is 1. The standard InChI is InChI=1S/C26H31N5O5S/c1-6-31-22-16(11-18(23(31)32)15-7-9-17(10-8-15)37(5,34)35)12-27-24(29-22)28-21-19-13-30(14-20(19)21)25(33)36-26(2,3)4/h7-12,19-21H,6,13-14H2,1-5H3,(H,27,28,29). The minimum Gasteiger partial charge on any atom is -0.444 e. The molecule has 1 N–H and O–H groups in total. The van der Waals surface area contributed by atoms with E-state index in [4.69, 9.17) is 4.74 Å². The summed E-state index contributed by atoms with van der Waals surface area (Å²) in [6, 6.07) is 8.21. The summed E-state index contributed by atoms with van der Waals surface area (Å²) in [7, 11) is -3.33. The van der Waals surface area contributed by atoms with Gasteiger partial charge in [0.05, 0.1) is 4.90 Å². The number of amides is 1. The summed E-state index contributed by atoms with van der Waals surface area (Å²) in [5, 5.41) is 4.09. The molecule has 5 rings (SSSR count). The number of hydrogen-bond acceptors (Lipinski definition) is 8. The van der Waals surface area contributed by atoms with E-state index in [-0.39, 0.29) is 22.6 Å². The number of likely N-dealkylation sites (tertiary alicyclic amines) is 1. The van der Waals surface area contributed by atoms with Crippen LogP contribution in [0.4, 0.5) is 10.7 Å². The molecule has 1 amide bonds. The van der Waals surface area contributed by atoms with Crippen molar-refractivity contribution in [1.29, 1.82) is 0 Å². The lowest BCUT2D eigenvalue weighted by atomic mass is 10.1. The summed E-state index contributed by atoms with van der Waals surface area (Å²) >= 11 is 0. The van der Waals surface area contributed by atoms with E-state index >= 15 is 0 Å². The highest BCUT2D eigenvalue weighted by Gasteiger charge is 2.57. The van der Waals surface area contributed by atoms with Crippen LogP contribution in [-0.4, -0.2) is 64.9 Å². The van der Waals surface area contributed by atoms with Crippen LogP contribution in [0.3, 0.4) is 0 Å². The lowest BCUT2D eigenvalue weighted by molar-refractivity contribution is 0.0272. The molecule has 3 heterocycles. The van der Waals surface area contributed by atoms with Crippen LogP contribution in [0, 0.1) is 11.8 Å². The minimum absolute atomic E-state index is 0.172. The topological polar surface area (TPSA) is 123 Å². The quantitative estimate of drug-likeness (QED) is 0.539. The number of aryl methyl sites for hydroxylation is 1. The Morgan fingerprint density at radius 2 is 1.81 bits per heavy atom. The molecule has 2 atom stereocenters. The number of carbonyl (C=O) groups is 1. The molecular formula is C26H31N5O5S. The van der Waals surface area contributed by atoms with E-state index in [0.717, 1.165) is 6.26 Å². The van der Waals surface area contributed by atoms with Crippen molar-refractivity contribution in [3.05, 3.63) is 46.9 Å². The van der Waals surface area contributed by atoms with Gasteiger partial charge in [0.2, 0.25) is 5.95 Å². The zero-order chi connectivity index (χ0) is 26.7. The molecular weight excluding hydrogens is 494 g/mol. The Kier molecular flexibility index (Phi) is 6.01. The van der Waals surface area contributed by atoms with Crippen LogP contribution in [0.5, 0.6) is 0 Å². The second-order valence-corrected chi connectivity index (χ2v) is 12.8. The fourth-order valence-corrected chi connectivity index (χ4v) is 5.61. The molecule has 2 unspecified atom stereocenters. The number of aromatic nitrogens is 3. The maximum absolute atomic E-state index is 13.3. The highest BCUT2D eigenvalue weighted by atomic mass is 32.2. The number of hydrogen-bond donors (Lipinski definition) is 1. The highest BCUT2D eigenvalue weighted by molar-refractivity contribution is 7.90. The van der Waals surface area contributed by atoms with Crippen LogP contribution >= 0.6 is 0 Å². The average Bonchev–Trinajstić information content (AvgIpc) is 3.23. The van der Waals surface area contributed by atoms with E-state index in [1.54, 1.807) is 33.9 Å². The number of nitrogens with one attached hydrogen (secondary N) is 1. The van der Waals surface area contributed by atoms with Gasteiger partial charge in [-0.1, -0.05) is 12.1 Å². The lowest BCUT2D eigenvalue weighted by Gasteiger charge is -2.26. The van der Waals surface area contributed by atoms with Crippen LogP contribution in [0.15, 0.2) is 46.2 Å². The van der Waals surface area contributed by atoms with Crippen molar-refractivity contribution < 1.29 is 17.9 Å². The first-order chi connectivity index (χ1) is 17.4. The van der Waals surface area contributed by atoms with E-state index in [1.165, 1.54) is 12.1 Å². The zero-order valence-corrected chi connectivity index (χ0v) is 22.4. The molecule has 1 saturated heterocycles. The summed E-state index contributed by atoms with van der Waals surface area (Å²) in [6.45, 7) is 9.13. The number of piperidine rings is 1. The molecule has 1 aromatic carbocycles. The first kappa shape index (κ1) is 25.2. The number of fused-ring (bicyclic) bond motifs is 2. The molecule has 1 saturated carbocycles. The highest BCUT2D eigenvalue weighted by Crippen LogP contribution is 2.47. The summed E-state index contributed by atoms with van der Waals surface area (Å²) in [5.74, 6) is 1.08. The van der Waals surface area contributed by atoms with E-state index in [1.807, 2.05) is 27.7 Å². The number of rotatable bonds is 5. The molecule has 1 aliphatic heterocycles. The summed E-state index contributed by atoms with van der Waals surface area (Å²) in [4.78, 5) is 36.7. The summed E-state index contributed by atoms with van der Waals surface area (Å²) in [5.41, 5.74) is 0.891. The fourth-order valence-electron chi connectivity index (χ4n) is 4.98. The molecule has 3 aromatic rings. The minimum atomic E-state index is -3.33. The van der Waals surface area contributed by atoms with Crippen LogP contribution in [0.1, 0.15) is 27.7 Å². The molecule has 10 nitrogen and oxygen atoms in total. The Bertz CT molecular complexity index is 1530. The second kappa shape index (κ2) is 8.83. The maximum atomic E-state index is 13.3. The number of benzene rings is 1. The van der Waals surface area contributed by atoms with E-state index < -0.39 is 15.4 Å². The predicted octanol–water partition coefficient (Wildman–Crippen LogP) is 3.16. The average molecular weight is 526 g/mol. The Morgan fingerprint density at radius 1 is 1.16 bits per heavy atom. The third kappa shape index (κ3) is 4.92. The van der Waals surface area contributed by atoms with Gasteiger partial charge in [0.1, 0.15) is 11.2 Å². The van der Waals surface area contributed by atoms with Crippen LogP contribution in [-0.2, 0) is 21.1 Å². The fraction of sp³-hybridized carbons (Fsp3) is 0.462. The van der Waals surface area contributed by atoms with Crippen LogP contribution in [0.25, 0.3) is 22.2 Å². The Balaban J connectivity index is 1.35. The number of pyridine rings is 1. The van der Waals surface area contributed by atoms with Crippen molar-refractivity contribution in [2.24, 2.45) is 11.8 Å². The molecule has 2 aliphatic rings.